The minimum Gasteiger partial charge on any atom is -0.472 e. The van der Waals surface area contributed by atoms with Crippen LogP contribution in [0.25, 0.3) is 0 Å². The molecule has 0 aromatic carbocycles. The highest BCUT2D eigenvalue weighted by Gasteiger charge is 2.47. The van der Waals surface area contributed by atoms with Crippen LogP contribution in [0.3, 0.4) is 0 Å². The minimum atomic E-state index is 0.268. The van der Waals surface area contributed by atoms with Gasteiger partial charge in [0.1, 0.15) is 5.82 Å². The summed E-state index contributed by atoms with van der Waals surface area (Å²) in [6, 6.07) is 8.04. The third-order valence-corrected chi connectivity index (χ3v) is 5.43. The number of fused-ring (bicyclic) bond motifs is 1. The molecule has 0 bridgehead atoms. The summed E-state index contributed by atoms with van der Waals surface area (Å²) in [6.07, 6.45) is 9.25. The van der Waals surface area contributed by atoms with Gasteiger partial charge in [-0.1, -0.05) is 6.07 Å². The number of pyridine rings is 1. The third kappa shape index (κ3) is 3.32. The lowest BCUT2D eigenvalue weighted by atomic mass is 9.74. The van der Waals surface area contributed by atoms with E-state index in [-0.39, 0.29) is 5.41 Å². The molecular weight excluding hydrogens is 302 g/mol. The Morgan fingerprint density at radius 2 is 2.33 bits per heavy atom. The van der Waals surface area contributed by atoms with E-state index in [1.807, 2.05) is 30.7 Å². The Bertz CT molecular complexity index is 631. The van der Waals surface area contributed by atoms with E-state index in [9.17, 15) is 0 Å². The molecule has 5 nitrogen and oxygen atoms in total. The molecule has 0 spiro atoms. The zero-order valence-corrected chi connectivity index (χ0v) is 14.0. The van der Waals surface area contributed by atoms with Crippen LogP contribution < -0.4 is 5.32 Å². The van der Waals surface area contributed by atoms with Gasteiger partial charge in [0.2, 0.25) is 0 Å². The smallest absolute Gasteiger partial charge is 0.125 e. The highest BCUT2D eigenvalue weighted by molar-refractivity contribution is 5.32. The molecule has 2 aliphatic rings. The zero-order chi connectivity index (χ0) is 16.2. The Hall–Kier alpha value is -1.85. The number of ether oxygens (including phenoxy) is 1. The van der Waals surface area contributed by atoms with Crippen LogP contribution in [0.2, 0.25) is 0 Å². The lowest BCUT2D eigenvalue weighted by molar-refractivity contribution is -0.0228. The molecule has 0 unspecified atom stereocenters. The number of nitrogens with one attached hydrogen (secondary N) is 1. The van der Waals surface area contributed by atoms with E-state index in [1.54, 1.807) is 6.26 Å². The Kier molecular flexibility index (Phi) is 4.54. The number of aromatic nitrogens is 1. The molecular formula is C19H25N3O2. The van der Waals surface area contributed by atoms with Crippen LogP contribution in [0.4, 0.5) is 5.82 Å². The van der Waals surface area contributed by atoms with Gasteiger partial charge in [0.05, 0.1) is 18.6 Å². The Morgan fingerprint density at radius 3 is 3.17 bits per heavy atom. The van der Waals surface area contributed by atoms with E-state index >= 15 is 0 Å². The fourth-order valence-corrected chi connectivity index (χ4v) is 4.18. The summed E-state index contributed by atoms with van der Waals surface area (Å²) in [5.41, 5.74) is 1.53. The molecule has 0 aliphatic carbocycles. The fourth-order valence-electron chi connectivity index (χ4n) is 4.18. The number of hydrogen-bond acceptors (Lipinski definition) is 5. The second-order valence-electron chi connectivity index (χ2n) is 6.99. The molecule has 2 aliphatic heterocycles. The average Bonchev–Trinajstić information content (AvgIpc) is 3.25. The van der Waals surface area contributed by atoms with E-state index in [4.69, 9.17) is 9.15 Å². The molecule has 2 aromatic heterocycles. The van der Waals surface area contributed by atoms with E-state index in [0.29, 0.717) is 6.10 Å². The topological polar surface area (TPSA) is 50.5 Å². The molecule has 4 heterocycles. The highest BCUT2D eigenvalue weighted by atomic mass is 16.5. The van der Waals surface area contributed by atoms with E-state index < -0.39 is 0 Å². The summed E-state index contributed by atoms with van der Waals surface area (Å²) in [5, 5.41) is 3.46. The van der Waals surface area contributed by atoms with Gasteiger partial charge in [-0.2, -0.15) is 0 Å². The maximum atomic E-state index is 6.06. The van der Waals surface area contributed by atoms with Crippen molar-refractivity contribution in [3.05, 3.63) is 48.6 Å². The van der Waals surface area contributed by atoms with Crippen LogP contribution in [0.15, 0.2) is 47.4 Å². The van der Waals surface area contributed by atoms with E-state index in [2.05, 4.69) is 21.3 Å². The molecule has 0 radical (unpaired) electrons. The molecule has 4 rings (SSSR count). The monoisotopic (exact) mass is 327 g/mol. The first-order valence-corrected chi connectivity index (χ1v) is 8.84. The van der Waals surface area contributed by atoms with Gasteiger partial charge in [-0.3, -0.25) is 4.90 Å². The van der Waals surface area contributed by atoms with Crippen molar-refractivity contribution < 1.29 is 9.15 Å². The Labute approximate surface area is 143 Å². The molecule has 2 aromatic rings. The molecule has 24 heavy (non-hydrogen) atoms. The van der Waals surface area contributed by atoms with Crippen molar-refractivity contribution in [1.82, 2.24) is 9.88 Å². The van der Waals surface area contributed by atoms with Crippen LogP contribution in [-0.4, -0.2) is 42.2 Å². The van der Waals surface area contributed by atoms with Gasteiger partial charge < -0.3 is 14.5 Å². The average molecular weight is 327 g/mol. The maximum absolute atomic E-state index is 6.06. The summed E-state index contributed by atoms with van der Waals surface area (Å²) in [4.78, 5) is 6.90. The molecule has 1 N–H and O–H groups in total. The standard InChI is InChI=1S/C19H25N3O2/c1-2-8-20-18(3-1)21-9-6-19-7-12-24-17(19)4-10-22(15-19)13-16-5-11-23-14-16/h1-3,5,8,11,14,17H,4,6-7,9-10,12-13,15H2,(H,20,21)/t17-,19+/m1/s1. The SMILES string of the molecule is c1ccc(NCC[C@@]23CCO[C@@H]2CCN(Cc2ccoc2)C3)nc1. The predicted molar refractivity (Wildman–Crippen MR) is 92.7 cm³/mol. The van der Waals surface area contributed by atoms with Crippen molar-refractivity contribution in [3.8, 4) is 0 Å². The number of piperidine rings is 1. The van der Waals surface area contributed by atoms with Gasteiger partial charge >= 0.3 is 0 Å². The number of furan rings is 1. The van der Waals surface area contributed by atoms with Crippen molar-refractivity contribution in [2.24, 2.45) is 5.41 Å². The van der Waals surface area contributed by atoms with Crippen molar-refractivity contribution in [2.75, 3.05) is 31.6 Å². The third-order valence-electron chi connectivity index (χ3n) is 5.43. The molecule has 0 saturated carbocycles. The van der Waals surface area contributed by atoms with Gasteiger partial charge in [0.15, 0.2) is 0 Å². The minimum absolute atomic E-state index is 0.268. The van der Waals surface area contributed by atoms with Gasteiger partial charge in [-0.15, -0.1) is 0 Å². The molecule has 2 fully saturated rings. The van der Waals surface area contributed by atoms with Crippen LogP contribution in [0.1, 0.15) is 24.8 Å². The van der Waals surface area contributed by atoms with Gasteiger partial charge in [0.25, 0.3) is 0 Å². The number of likely N-dealkylation sites (tertiary alicyclic amines) is 1. The van der Waals surface area contributed by atoms with Crippen molar-refractivity contribution >= 4 is 5.82 Å². The Morgan fingerprint density at radius 1 is 1.33 bits per heavy atom. The van der Waals surface area contributed by atoms with Crippen LogP contribution in [0.5, 0.6) is 0 Å². The summed E-state index contributed by atoms with van der Waals surface area (Å²) in [7, 11) is 0. The second-order valence-corrected chi connectivity index (χ2v) is 6.99. The maximum Gasteiger partial charge on any atom is 0.125 e. The lowest BCUT2D eigenvalue weighted by Gasteiger charge is -2.44. The number of hydrogen-bond donors (Lipinski definition) is 1. The van der Waals surface area contributed by atoms with Crippen molar-refractivity contribution in [3.63, 3.8) is 0 Å². The van der Waals surface area contributed by atoms with Crippen molar-refractivity contribution in [1.29, 1.82) is 0 Å². The predicted octanol–water partition coefficient (Wildman–Crippen LogP) is 3.16. The van der Waals surface area contributed by atoms with Gasteiger partial charge in [-0.25, -0.2) is 4.98 Å². The van der Waals surface area contributed by atoms with Gasteiger partial charge in [-0.05, 0) is 37.5 Å². The molecule has 5 heteroatoms. The first-order valence-electron chi connectivity index (χ1n) is 8.84. The van der Waals surface area contributed by atoms with Crippen LogP contribution in [-0.2, 0) is 11.3 Å². The summed E-state index contributed by atoms with van der Waals surface area (Å²) in [6.45, 7) is 5.01. The van der Waals surface area contributed by atoms with E-state index in [0.717, 1.165) is 57.9 Å². The zero-order valence-electron chi connectivity index (χ0n) is 14.0. The summed E-state index contributed by atoms with van der Waals surface area (Å²) >= 11 is 0. The lowest BCUT2D eigenvalue weighted by Crippen LogP contribution is -2.49. The van der Waals surface area contributed by atoms with Crippen molar-refractivity contribution in [2.45, 2.75) is 31.9 Å². The molecule has 2 saturated heterocycles. The normalized spacial score (nSPS) is 27.1. The largest absolute Gasteiger partial charge is 0.472 e. The summed E-state index contributed by atoms with van der Waals surface area (Å²) in [5.74, 6) is 0.954. The quantitative estimate of drug-likeness (QED) is 0.883. The van der Waals surface area contributed by atoms with Gasteiger partial charge in [0, 0.05) is 50.0 Å². The number of nitrogens with zero attached hydrogens (tertiary/aromatic N) is 2. The van der Waals surface area contributed by atoms with Crippen LogP contribution in [0, 0.1) is 5.41 Å². The first-order chi connectivity index (χ1) is 11.8. The molecule has 2 atom stereocenters. The van der Waals surface area contributed by atoms with E-state index in [1.165, 1.54) is 5.56 Å². The molecule has 0 amide bonds. The Balaban J connectivity index is 1.38. The summed E-state index contributed by atoms with van der Waals surface area (Å²) < 4.78 is 11.3. The number of anilines is 1. The second kappa shape index (κ2) is 6.95. The first kappa shape index (κ1) is 15.7. The number of rotatable bonds is 6. The van der Waals surface area contributed by atoms with Crippen LogP contribution >= 0.6 is 0 Å². The fraction of sp³-hybridized carbons (Fsp3) is 0.526. The molecule has 128 valence electrons. The highest BCUT2D eigenvalue weighted by Crippen LogP contribution is 2.43.